The van der Waals surface area contributed by atoms with E-state index in [4.69, 9.17) is 44.9 Å². The van der Waals surface area contributed by atoms with Crippen LogP contribution >= 0.6 is 37.8 Å². The van der Waals surface area contributed by atoms with Crippen molar-refractivity contribution >= 4 is 79.5 Å². The van der Waals surface area contributed by atoms with Gasteiger partial charge in [0.2, 0.25) is 0 Å². The lowest BCUT2D eigenvalue weighted by Crippen LogP contribution is -2.45. The fraction of sp³-hybridized carbons (Fsp3) is 0.630. The van der Waals surface area contributed by atoms with Crippen LogP contribution in [0.1, 0.15) is 186 Å². The van der Waals surface area contributed by atoms with E-state index in [-0.39, 0.29) is 98.0 Å². The molecule has 6 heterocycles. The van der Waals surface area contributed by atoms with Crippen molar-refractivity contribution in [3.63, 3.8) is 0 Å². The van der Waals surface area contributed by atoms with E-state index in [1.807, 2.05) is 106 Å². The molecule has 1 amide bonds. The first-order valence-corrected chi connectivity index (χ1v) is 40.5. The van der Waals surface area contributed by atoms with Crippen LogP contribution in [0.4, 0.5) is 4.79 Å². The second kappa shape index (κ2) is 35.9. The van der Waals surface area contributed by atoms with Crippen LogP contribution in [-0.4, -0.2) is 167 Å². The number of hydrogen-bond acceptors (Lipinski definition) is 22. The summed E-state index contributed by atoms with van der Waals surface area (Å²) in [7, 11) is -7.64. The summed E-state index contributed by atoms with van der Waals surface area (Å²) < 4.78 is 52.0. The Bertz CT molecular complexity index is 3660. The SMILES string of the molecule is C/C(=C\c1csc(CN)n1)C1CC2O[C@]2(C)CCCC(C)[C@H](O)C(C)C(=O)C(C)(C)C(O)CC(=O)O1.C/C(=C\c1csc(CNP(=O)(O)CCN)n1)C1CC2O[C@]2(C)CCCC(C)[C@H](O)C(C)C(=O)C(C)(C)C(O)CC(=O)O1.O=C(NCCP(=O)(O)O)OCC1c2ccccc2-c2ccccc21. The van der Waals surface area contributed by atoms with Gasteiger partial charge in [-0.15, -0.1) is 22.7 Å². The number of aromatic nitrogens is 2. The van der Waals surface area contributed by atoms with E-state index in [2.05, 4.69) is 27.3 Å². The summed E-state index contributed by atoms with van der Waals surface area (Å²) in [5, 5.41) is 53.7. The maximum Gasteiger partial charge on any atom is 0.407 e. The standard InChI is InChI=1S/C29H48N3O8PS.C27H42N2O6S.C17H18NO5P/c1-17-8-7-9-29(6)23(40-29)13-21(39-25(34)14-22(33)28(4,5)27(36)19(3)26(17)35)18(2)12-20-16-42-24(32-20)15-31-41(37,38)11-10-30;1-15-8-7-9-27(6)21(35-27)11-19(16(2)10-18-14-36-22(13-28)29-18)34-23(31)12-20(30)26(4,5)25(33)17(3)24(15)32;19-17(18-9-10-24(20,21)22)23-11-16-14-7-3-1-5-12(14)13-6-2-4-8-15(13)16/h12,16-17,19,21-23,26,33,35H,7-11,13-15,30H2,1-6H3,(H2,31,37,38);10,14-15,17,19-21,24,30,32H,7-9,11-13,28H2,1-6H3;1-8,16H,9-11H2,(H,18,19)(H2,20,21,22)/b18-12+;16-10+;/t17?,19?,21?,22?,23?,26-,29+;15?,17?,19?,20?,21?,24-,27+;/m00./s1. The smallest absolute Gasteiger partial charge is 0.407 e. The molecule has 4 aliphatic heterocycles. The summed E-state index contributed by atoms with van der Waals surface area (Å²) >= 11 is 2.81. The number of alkyl carbamates (subject to hydrolysis) is 1. The Morgan fingerprint density at radius 1 is 0.667 bits per heavy atom. The van der Waals surface area contributed by atoms with E-state index >= 15 is 0 Å². The van der Waals surface area contributed by atoms with Crippen molar-refractivity contribution in [2.45, 2.75) is 226 Å². The minimum Gasteiger partial charge on any atom is -0.458 e. The molecule has 1 aliphatic carbocycles. The monoisotopic (exact) mass is 1500 g/mol. The molecule has 5 aliphatic rings. The molecule has 11 unspecified atom stereocenters. The highest BCUT2D eigenvalue weighted by atomic mass is 32.1. The molecule has 29 heteroatoms. The molecule has 0 bridgehead atoms. The van der Waals surface area contributed by atoms with Crippen molar-refractivity contribution in [1.29, 1.82) is 0 Å². The second-order valence-electron chi connectivity index (χ2n) is 29.7. The molecule has 566 valence electrons. The number of nitrogens with one attached hydrogen (secondary N) is 2. The summed E-state index contributed by atoms with van der Waals surface area (Å²) in [4.78, 5) is 101. The zero-order valence-corrected chi connectivity index (χ0v) is 64.2. The summed E-state index contributed by atoms with van der Waals surface area (Å²) in [5.41, 5.74) is 15.4. The summed E-state index contributed by atoms with van der Waals surface area (Å²) in [5.74, 6) is -3.38. The third kappa shape index (κ3) is 22.9. The van der Waals surface area contributed by atoms with Gasteiger partial charge < -0.3 is 75.6 Å². The molecule has 4 aromatic rings. The van der Waals surface area contributed by atoms with Gasteiger partial charge >= 0.3 is 25.6 Å². The van der Waals surface area contributed by atoms with Crippen LogP contribution < -0.4 is 21.9 Å². The van der Waals surface area contributed by atoms with Gasteiger partial charge in [-0.2, -0.15) is 0 Å². The van der Waals surface area contributed by atoms with Gasteiger partial charge in [0.25, 0.3) is 7.52 Å². The van der Waals surface area contributed by atoms with Crippen molar-refractivity contribution in [1.82, 2.24) is 20.4 Å². The molecule has 102 heavy (non-hydrogen) atoms. The van der Waals surface area contributed by atoms with E-state index < -0.39 is 98.6 Å². The third-order valence-corrected chi connectivity index (χ3v) is 24.9. The first-order valence-electron chi connectivity index (χ1n) is 35.1. The number of cyclic esters (lactones) is 2. The second-order valence-corrected chi connectivity index (χ2v) is 35.5. The Hall–Kier alpha value is -5.29. The number of carbonyl (C=O) groups excluding carboxylic acids is 5. The normalized spacial score (nSPS) is 30.4. The van der Waals surface area contributed by atoms with Crippen molar-refractivity contribution in [2.75, 3.05) is 32.0 Å². The number of nitrogens with two attached hydrogens (primary N) is 2. The zero-order chi connectivity index (χ0) is 75.5. The fourth-order valence-corrected chi connectivity index (χ4v) is 16.3. The highest BCUT2D eigenvalue weighted by Gasteiger charge is 2.55. The number of epoxide rings is 2. The molecule has 2 aromatic heterocycles. The number of aliphatic hydroxyl groups excluding tert-OH is 4. The van der Waals surface area contributed by atoms with E-state index in [9.17, 15) is 58.4 Å². The van der Waals surface area contributed by atoms with Gasteiger partial charge in [-0.05, 0) is 111 Å². The summed E-state index contributed by atoms with van der Waals surface area (Å²) in [6.07, 6.45) is 1.92. The van der Waals surface area contributed by atoms with Crippen molar-refractivity contribution in [3.8, 4) is 11.1 Å². The van der Waals surface area contributed by atoms with Crippen LogP contribution in [0, 0.1) is 34.5 Å². The molecular weight excluding hydrogens is 1390 g/mol. The summed E-state index contributed by atoms with van der Waals surface area (Å²) in [6.45, 7) is 22.1. The Kier molecular flexibility index (Phi) is 29.5. The lowest BCUT2D eigenvalue weighted by atomic mass is 9.73. The Labute approximate surface area is 607 Å². The molecule has 25 nitrogen and oxygen atoms in total. The number of thiazole rings is 2. The third-order valence-electron chi connectivity index (χ3n) is 20.8. The van der Waals surface area contributed by atoms with Crippen LogP contribution in [-0.2, 0) is 65.1 Å². The predicted molar refractivity (Wildman–Crippen MR) is 391 cm³/mol. The molecule has 15 atom stereocenters. The number of hydrogen-bond donors (Lipinski definition) is 11. The molecule has 13 N–H and O–H groups in total. The number of nitrogens with zero attached hydrogens (tertiary/aromatic N) is 2. The van der Waals surface area contributed by atoms with Crippen LogP contribution in [0.3, 0.4) is 0 Å². The van der Waals surface area contributed by atoms with Crippen LogP contribution in [0.15, 0.2) is 70.4 Å². The van der Waals surface area contributed by atoms with Gasteiger partial charge in [0, 0.05) is 61.0 Å². The summed E-state index contributed by atoms with van der Waals surface area (Å²) in [6, 6.07) is 16.0. The lowest BCUT2D eigenvalue weighted by molar-refractivity contribution is -0.156. The first kappa shape index (κ1) is 84.0. The maximum absolute atomic E-state index is 13.3. The zero-order valence-electron chi connectivity index (χ0n) is 60.7. The molecule has 4 fully saturated rings. The predicted octanol–water partition coefficient (Wildman–Crippen LogP) is 9.73. The van der Waals surface area contributed by atoms with E-state index in [0.29, 0.717) is 30.1 Å². The molecule has 0 radical (unpaired) electrons. The molecular formula is C73H108N6O19P2S2. The minimum absolute atomic E-state index is 0.0283. The Morgan fingerprint density at radius 3 is 1.52 bits per heavy atom. The topological polar surface area (TPSA) is 416 Å². The van der Waals surface area contributed by atoms with Gasteiger partial charge in [-0.25, -0.2) is 19.8 Å². The molecule has 0 spiro atoms. The average Bonchev–Trinajstić information content (AvgIpc) is 1.62. The number of benzene rings is 2. The van der Waals surface area contributed by atoms with E-state index in [1.54, 1.807) is 41.5 Å². The van der Waals surface area contributed by atoms with Gasteiger partial charge in [-0.1, -0.05) is 117 Å². The number of esters is 2. The van der Waals surface area contributed by atoms with Gasteiger partial charge in [0.15, 0.2) is 0 Å². The average molecular weight is 1500 g/mol. The van der Waals surface area contributed by atoms with E-state index in [1.165, 1.54) is 22.7 Å². The fourth-order valence-electron chi connectivity index (χ4n) is 13.6. The first-order chi connectivity index (χ1) is 47.7. The minimum atomic E-state index is -4.12. The lowest BCUT2D eigenvalue weighted by Gasteiger charge is -2.34. The number of ketones is 2. The quantitative estimate of drug-likeness (QED) is 0.0228. The van der Waals surface area contributed by atoms with Crippen LogP contribution in [0.2, 0.25) is 0 Å². The van der Waals surface area contributed by atoms with Gasteiger partial charge in [0.1, 0.15) is 40.4 Å². The molecule has 9 rings (SSSR count). The van der Waals surface area contributed by atoms with Crippen molar-refractivity contribution < 1.29 is 91.9 Å². The Balaban J connectivity index is 0.000000222. The highest BCUT2D eigenvalue weighted by molar-refractivity contribution is 7.55. The van der Waals surface area contributed by atoms with Crippen LogP contribution in [0.5, 0.6) is 0 Å². The Morgan fingerprint density at radius 2 is 1.10 bits per heavy atom. The van der Waals surface area contributed by atoms with Gasteiger partial charge in [-0.3, -0.25) is 28.3 Å². The number of aliphatic hydroxyl groups is 4. The molecule has 2 aromatic carbocycles. The molecule has 0 saturated carbocycles. The van der Waals surface area contributed by atoms with Crippen LogP contribution in [0.25, 0.3) is 23.3 Å². The molecule has 4 saturated heterocycles. The van der Waals surface area contributed by atoms with E-state index in [0.717, 1.165) is 82.6 Å². The number of rotatable bonds is 15. The number of carbonyl (C=O) groups is 5. The number of Topliss-reactive ketones (excluding diaryl/α,β-unsaturated/α-hetero) is 2. The maximum atomic E-state index is 13.3. The number of ether oxygens (including phenoxy) is 5. The highest BCUT2D eigenvalue weighted by Crippen LogP contribution is 2.48. The van der Waals surface area contributed by atoms with Gasteiger partial charge in [0.05, 0.1) is 102 Å². The van der Waals surface area contributed by atoms with Crippen molar-refractivity contribution in [3.05, 3.63) is 103 Å². The number of amides is 1. The largest absolute Gasteiger partial charge is 0.458 e. The van der Waals surface area contributed by atoms with Crippen molar-refractivity contribution in [2.24, 2.45) is 46.0 Å². The number of fused-ring (bicyclic) bond motifs is 5.